The molecule has 0 aliphatic carbocycles. The third-order valence-corrected chi connectivity index (χ3v) is 4.79. The molecule has 1 saturated heterocycles. The summed E-state index contributed by atoms with van der Waals surface area (Å²) in [5.74, 6) is 0.740. The molecule has 0 aromatic heterocycles. The maximum absolute atomic E-state index is 10.9. The number of nitrogens with zero attached hydrogens (tertiary/aromatic N) is 3. The number of nitro groups is 1. The lowest BCUT2D eigenvalue weighted by atomic mass is 9.98. The average molecular weight is 361 g/mol. The van der Waals surface area contributed by atoms with E-state index >= 15 is 0 Å². The predicted molar refractivity (Wildman–Crippen MR) is 105 cm³/mol. The van der Waals surface area contributed by atoms with Crippen molar-refractivity contribution in [2.24, 2.45) is 4.99 Å². The van der Waals surface area contributed by atoms with Crippen LogP contribution >= 0.6 is 0 Å². The summed E-state index contributed by atoms with van der Waals surface area (Å²) in [5, 5.41) is 17.6. The largest absolute Gasteiger partial charge is 0.357 e. The number of nitrogens with one attached hydrogen (secondary N) is 2. The van der Waals surface area contributed by atoms with Crippen molar-refractivity contribution in [3.05, 3.63) is 39.9 Å². The lowest BCUT2D eigenvalue weighted by molar-refractivity contribution is -0.384. The van der Waals surface area contributed by atoms with E-state index in [2.05, 4.69) is 34.4 Å². The second-order valence-electron chi connectivity index (χ2n) is 7.34. The standard InChI is InChI=1S/C19H31N5O2/c1-4-20-18(21-14-16-9-8-10-17(13-16)24(25)26)22-15-19(2,3)23-11-6-5-7-12-23/h8-10,13H,4-7,11-12,14-15H2,1-3H3,(H2,20,21,22). The van der Waals surface area contributed by atoms with E-state index in [0.717, 1.165) is 37.7 Å². The number of aliphatic imine (C=N–C) groups is 1. The fraction of sp³-hybridized carbons (Fsp3) is 0.632. The van der Waals surface area contributed by atoms with Crippen molar-refractivity contribution in [1.29, 1.82) is 0 Å². The quantitative estimate of drug-likeness (QED) is 0.338. The second-order valence-corrected chi connectivity index (χ2v) is 7.34. The fourth-order valence-electron chi connectivity index (χ4n) is 3.19. The molecule has 1 aromatic rings. The van der Waals surface area contributed by atoms with Crippen molar-refractivity contribution >= 4 is 11.6 Å². The van der Waals surface area contributed by atoms with Crippen LogP contribution in [0.4, 0.5) is 5.69 Å². The van der Waals surface area contributed by atoms with Gasteiger partial charge in [0, 0.05) is 30.8 Å². The number of hydrogen-bond donors (Lipinski definition) is 2. The first-order valence-corrected chi connectivity index (χ1v) is 9.43. The van der Waals surface area contributed by atoms with Crippen LogP contribution in [0.3, 0.4) is 0 Å². The van der Waals surface area contributed by atoms with Crippen LogP contribution in [0.1, 0.15) is 45.6 Å². The molecule has 7 heteroatoms. The van der Waals surface area contributed by atoms with Crippen molar-refractivity contribution in [1.82, 2.24) is 15.5 Å². The van der Waals surface area contributed by atoms with Gasteiger partial charge in [0.15, 0.2) is 5.96 Å². The van der Waals surface area contributed by atoms with E-state index in [1.165, 1.54) is 25.3 Å². The molecular formula is C19H31N5O2. The van der Waals surface area contributed by atoms with E-state index in [1.807, 2.05) is 13.0 Å². The Balaban J connectivity index is 1.97. The Kier molecular flexibility index (Phi) is 7.38. The van der Waals surface area contributed by atoms with Crippen LogP contribution in [0.5, 0.6) is 0 Å². The van der Waals surface area contributed by atoms with Crippen LogP contribution in [-0.4, -0.2) is 47.5 Å². The smallest absolute Gasteiger partial charge is 0.269 e. The van der Waals surface area contributed by atoms with Crippen LogP contribution in [0, 0.1) is 10.1 Å². The van der Waals surface area contributed by atoms with Gasteiger partial charge in [0.25, 0.3) is 5.69 Å². The normalized spacial score (nSPS) is 16.3. The molecule has 2 N–H and O–H groups in total. The lowest BCUT2D eigenvalue weighted by Gasteiger charge is -2.41. The molecule has 1 fully saturated rings. The molecule has 2 rings (SSSR count). The molecule has 1 aliphatic rings. The maximum atomic E-state index is 10.9. The van der Waals surface area contributed by atoms with Gasteiger partial charge in [0.05, 0.1) is 11.5 Å². The molecule has 0 bridgehead atoms. The minimum atomic E-state index is -0.377. The van der Waals surface area contributed by atoms with Gasteiger partial charge in [-0.25, -0.2) is 4.99 Å². The van der Waals surface area contributed by atoms with Gasteiger partial charge in [-0.15, -0.1) is 0 Å². The maximum Gasteiger partial charge on any atom is 0.269 e. The molecular weight excluding hydrogens is 330 g/mol. The molecule has 0 spiro atoms. The molecule has 144 valence electrons. The highest BCUT2D eigenvalue weighted by Gasteiger charge is 2.27. The first-order chi connectivity index (χ1) is 12.4. The topological polar surface area (TPSA) is 82.8 Å². The molecule has 1 aromatic carbocycles. The second kappa shape index (κ2) is 9.52. The number of nitro benzene ring substituents is 1. The van der Waals surface area contributed by atoms with Gasteiger partial charge < -0.3 is 10.6 Å². The molecule has 0 atom stereocenters. The van der Waals surface area contributed by atoms with Crippen LogP contribution in [0.15, 0.2) is 29.3 Å². The van der Waals surface area contributed by atoms with Crippen molar-refractivity contribution in [2.45, 2.75) is 52.1 Å². The highest BCUT2D eigenvalue weighted by molar-refractivity contribution is 5.79. The molecule has 1 aliphatic heterocycles. The van der Waals surface area contributed by atoms with Gasteiger partial charge in [0.2, 0.25) is 0 Å². The Morgan fingerprint density at radius 1 is 1.27 bits per heavy atom. The zero-order valence-electron chi connectivity index (χ0n) is 16.1. The van der Waals surface area contributed by atoms with Gasteiger partial charge in [-0.3, -0.25) is 15.0 Å². The SMILES string of the molecule is CCNC(=NCc1cccc([N+](=O)[O-])c1)NCC(C)(C)N1CCCCC1. The molecule has 0 saturated carbocycles. The fourth-order valence-corrected chi connectivity index (χ4v) is 3.19. The number of non-ortho nitro benzene ring substituents is 1. The summed E-state index contributed by atoms with van der Waals surface area (Å²) in [6, 6.07) is 6.63. The third-order valence-electron chi connectivity index (χ3n) is 4.79. The Bertz CT molecular complexity index is 624. The molecule has 0 unspecified atom stereocenters. The Morgan fingerprint density at radius 2 is 2.00 bits per heavy atom. The number of hydrogen-bond acceptors (Lipinski definition) is 4. The summed E-state index contributed by atoms with van der Waals surface area (Å²) in [4.78, 5) is 17.6. The molecule has 7 nitrogen and oxygen atoms in total. The number of guanidine groups is 1. The first kappa shape index (κ1) is 20.2. The zero-order chi connectivity index (χ0) is 19.0. The van der Waals surface area contributed by atoms with E-state index in [1.54, 1.807) is 12.1 Å². The van der Waals surface area contributed by atoms with E-state index in [-0.39, 0.29) is 16.1 Å². The highest BCUT2D eigenvalue weighted by Crippen LogP contribution is 2.19. The van der Waals surface area contributed by atoms with Crippen LogP contribution < -0.4 is 10.6 Å². The number of rotatable bonds is 7. The van der Waals surface area contributed by atoms with E-state index in [4.69, 9.17) is 0 Å². The number of likely N-dealkylation sites (tertiary alicyclic amines) is 1. The Labute approximate surface area is 156 Å². The minimum Gasteiger partial charge on any atom is -0.357 e. The highest BCUT2D eigenvalue weighted by atomic mass is 16.6. The van der Waals surface area contributed by atoms with Gasteiger partial charge in [-0.2, -0.15) is 0 Å². The van der Waals surface area contributed by atoms with E-state index in [0.29, 0.717) is 6.54 Å². The summed E-state index contributed by atoms with van der Waals surface area (Å²) >= 11 is 0. The summed E-state index contributed by atoms with van der Waals surface area (Å²) in [5.41, 5.74) is 0.982. The van der Waals surface area contributed by atoms with Crippen molar-refractivity contribution in [3.8, 4) is 0 Å². The van der Waals surface area contributed by atoms with Gasteiger partial charge >= 0.3 is 0 Å². The first-order valence-electron chi connectivity index (χ1n) is 9.43. The average Bonchev–Trinajstić information content (AvgIpc) is 2.65. The van der Waals surface area contributed by atoms with Crippen molar-refractivity contribution in [2.75, 3.05) is 26.2 Å². The molecule has 0 radical (unpaired) electrons. The minimum absolute atomic E-state index is 0.0577. The van der Waals surface area contributed by atoms with Crippen LogP contribution in [0.2, 0.25) is 0 Å². The Hall–Kier alpha value is -2.15. The third kappa shape index (κ3) is 5.98. The molecule has 1 heterocycles. The van der Waals surface area contributed by atoms with Gasteiger partial charge in [-0.05, 0) is 52.3 Å². The number of piperidine rings is 1. The summed E-state index contributed by atoms with van der Waals surface area (Å²) in [6.45, 7) is 10.8. The summed E-state index contributed by atoms with van der Waals surface area (Å²) in [7, 11) is 0. The van der Waals surface area contributed by atoms with Crippen molar-refractivity contribution in [3.63, 3.8) is 0 Å². The molecule has 0 amide bonds. The Morgan fingerprint density at radius 3 is 2.65 bits per heavy atom. The van der Waals surface area contributed by atoms with Crippen LogP contribution in [0.25, 0.3) is 0 Å². The lowest BCUT2D eigenvalue weighted by Crippen LogP contribution is -2.54. The predicted octanol–water partition coefficient (Wildman–Crippen LogP) is 2.91. The molecule has 26 heavy (non-hydrogen) atoms. The summed E-state index contributed by atoms with van der Waals surface area (Å²) < 4.78 is 0. The van der Waals surface area contributed by atoms with Crippen molar-refractivity contribution < 1.29 is 4.92 Å². The number of benzene rings is 1. The monoisotopic (exact) mass is 361 g/mol. The van der Waals surface area contributed by atoms with Crippen LogP contribution in [-0.2, 0) is 6.54 Å². The van der Waals surface area contributed by atoms with Gasteiger partial charge in [-0.1, -0.05) is 18.6 Å². The zero-order valence-corrected chi connectivity index (χ0v) is 16.1. The van der Waals surface area contributed by atoms with Gasteiger partial charge in [0.1, 0.15) is 0 Å². The summed E-state index contributed by atoms with van der Waals surface area (Å²) in [6.07, 6.45) is 3.86. The van der Waals surface area contributed by atoms with E-state index in [9.17, 15) is 10.1 Å². The van der Waals surface area contributed by atoms with E-state index < -0.39 is 0 Å².